The number of hydrogen-bond donors (Lipinski definition) is 0. The van der Waals surface area contributed by atoms with Crippen LogP contribution in [0.3, 0.4) is 0 Å². The molecule has 6 heteroatoms. The molecule has 0 aliphatic carbocycles. The smallest absolute Gasteiger partial charge is 0.233 e. The van der Waals surface area contributed by atoms with E-state index in [0.717, 1.165) is 17.1 Å². The number of β-lactam (4-membered cyclic amide) rings is 1. The van der Waals surface area contributed by atoms with Gasteiger partial charge in [0.15, 0.2) is 5.78 Å². The Morgan fingerprint density at radius 3 is 2.60 bits per heavy atom. The van der Waals surface area contributed by atoms with Gasteiger partial charge in [-0.1, -0.05) is 39.0 Å². The van der Waals surface area contributed by atoms with Gasteiger partial charge in [-0.2, -0.15) is 0 Å². The van der Waals surface area contributed by atoms with Gasteiger partial charge in [0.1, 0.15) is 19.0 Å². The molecule has 3 rings (SSSR count). The second-order valence-electron chi connectivity index (χ2n) is 7.21. The van der Waals surface area contributed by atoms with Crippen LogP contribution >= 0.6 is 11.8 Å². The van der Waals surface area contributed by atoms with Gasteiger partial charge in [0.05, 0.1) is 11.8 Å². The minimum atomic E-state index is -0.469. The van der Waals surface area contributed by atoms with Crippen LogP contribution in [0.4, 0.5) is 0 Å². The molecule has 1 atom stereocenters. The zero-order valence-corrected chi connectivity index (χ0v) is 15.6. The molecule has 1 fully saturated rings. The number of para-hydroxylation sites is 1. The molecule has 1 amide bonds. The van der Waals surface area contributed by atoms with Crippen LogP contribution in [0.25, 0.3) is 0 Å². The average molecular weight is 361 g/mol. The summed E-state index contributed by atoms with van der Waals surface area (Å²) in [6.45, 7) is 5.89. The first-order valence-electron chi connectivity index (χ1n) is 8.36. The summed E-state index contributed by atoms with van der Waals surface area (Å²) in [5.41, 5.74) is 0.433. The number of fused-ring (bicyclic) bond motifs is 1. The third-order valence-corrected chi connectivity index (χ3v) is 5.49. The number of ketones is 1. The molecule has 2 aliphatic rings. The number of nitrogens with zero attached hydrogens (tertiary/aromatic N) is 1. The van der Waals surface area contributed by atoms with Gasteiger partial charge in [0.25, 0.3) is 0 Å². The number of carbonyl (C=O) groups is 2. The first-order valence-corrected chi connectivity index (χ1v) is 9.41. The van der Waals surface area contributed by atoms with Crippen LogP contribution in [0.15, 0.2) is 41.8 Å². The fourth-order valence-electron chi connectivity index (χ4n) is 2.51. The molecule has 1 aromatic rings. The molecule has 0 bridgehead atoms. The lowest BCUT2D eigenvalue weighted by molar-refractivity contribution is -0.145. The second-order valence-corrected chi connectivity index (χ2v) is 8.37. The maximum absolute atomic E-state index is 12.2. The number of rotatable bonds is 6. The van der Waals surface area contributed by atoms with Crippen molar-refractivity contribution in [2.45, 2.75) is 32.6 Å². The summed E-state index contributed by atoms with van der Waals surface area (Å²) in [5, 5.41) is 0.118. The van der Waals surface area contributed by atoms with E-state index in [4.69, 9.17) is 9.47 Å². The van der Waals surface area contributed by atoms with E-state index in [2.05, 4.69) is 0 Å². The van der Waals surface area contributed by atoms with Crippen molar-refractivity contribution in [3.8, 4) is 5.75 Å². The number of hydrogen-bond acceptors (Lipinski definition) is 5. The molecule has 5 nitrogen and oxygen atoms in total. The molecule has 134 valence electrons. The van der Waals surface area contributed by atoms with E-state index in [1.165, 1.54) is 0 Å². The highest BCUT2D eigenvalue weighted by Crippen LogP contribution is 2.40. The second kappa shape index (κ2) is 7.12. The van der Waals surface area contributed by atoms with E-state index in [-0.39, 0.29) is 23.7 Å². The fourth-order valence-corrected chi connectivity index (χ4v) is 3.73. The maximum Gasteiger partial charge on any atom is 0.233 e. The molecule has 25 heavy (non-hydrogen) atoms. The van der Waals surface area contributed by atoms with Crippen LogP contribution in [0.5, 0.6) is 5.75 Å². The molecule has 0 N–H and O–H groups in total. The molecule has 0 saturated carbocycles. The first kappa shape index (κ1) is 17.9. The number of carbonyl (C=O) groups excluding carboxylic acids is 2. The van der Waals surface area contributed by atoms with Crippen LogP contribution < -0.4 is 4.74 Å². The number of Topliss-reactive ketones (excluding diaryl/α,β-unsaturated/α-hetero) is 1. The molecule has 2 aliphatic heterocycles. The minimum Gasteiger partial charge on any atom is -0.489 e. The van der Waals surface area contributed by atoms with Crippen molar-refractivity contribution >= 4 is 23.5 Å². The average Bonchev–Trinajstić information content (AvgIpc) is 2.57. The third-order valence-electron chi connectivity index (χ3n) is 4.21. The molecule has 0 aromatic heterocycles. The van der Waals surface area contributed by atoms with Gasteiger partial charge >= 0.3 is 0 Å². The lowest BCUT2D eigenvalue weighted by atomic mass is 9.91. The van der Waals surface area contributed by atoms with Gasteiger partial charge < -0.3 is 9.47 Å². The Morgan fingerprint density at radius 1 is 1.24 bits per heavy atom. The highest BCUT2D eigenvalue weighted by atomic mass is 32.2. The normalized spacial score (nSPS) is 20.0. The summed E-state index contributed by atoms with van der Waals surface area (Å²) in [6.07, 6.45) is 0.525. The number of thioether (sulfide) groups is 1. The van der Waals surface area contributed by atoms with Crippen LogP contribution in [-0.4, -0.2) is 40.9 Å². The van der Waals surface area contributed by atoms with Crippen molar-refractivity contribution in [2.24, 2.45) is 5.41 Å². The Bertz CT molecular complexity index is 693. The van der Waals surface area contributed by atoms with Crippen molar-refractivity contribution in [1.82, 2.24) is 4.90 Å². The molecular weight excluding hydrogens is 338 g/mol. The number of benzene rings is 1. The summed E-state index contributed by atoms with van der Waals surface area (Å²) in [5.74, 6) is 2.05. The Labute approximate surface area is 152 Å². The van der Waals surface area contributed by atoms with Crippen LogP contribution in [-0.2, 0) is 14.3 Å². The van der Waals surface area contributed by atoms with Crippen molar-refractivity contribution in [3.05, 3.63) is 41.8 Å². The summed E-state index contributed by atoms with van der Waals surface area (Å²) in [6, 6.07) is 9.52. The number of amides is 1. The molecule has 0 unspecified atom stereocenters. The Kier molecular flexibility index (Phi) is 5.08. The van der Waals surface area contributed by atoms with Gasteiger partial charge in [-0.15, -0.1) is 11.8 Å². The standard InChI is InChI=1S/C19H23NO4S/c1-19(2,3)15(21)11-24-18-13(10-23-14-7-5-4-6-8-14)12-25-17-9-16(22)20(17)18/h4-8,17H,9-12H2,1-3H3/t17-/m1/s1. The molecule has 1 saturated heterocycles. The molecule has 1 aromatic carbocycles. The fraction of sp³-hybridized carbons (Fsp3) is 0.474. The monoisotopic (exact) mass is 361 g/mol. The first-order chi connectivity index (χ1) is 11.9. The predicted octanol–water partition coefficient (Wildman–Crippen LogP) is 3.21. The summed E-state index contributed by atoms with van der Waals surface area (Å²) in [7, 11) is 0. The Morgan fingerprint density at radius 2 is 1.96 bits per heavy atom. The number of ether oxygens (including phenoxy) is 2. The summed E-state index contributed by atoms with van der Waals surface area (Å²) in [4.78, 5) is 25.9. The van der Waals surface area contributed by atoms with Crippen LogP contribution in [0.2, 0.25) is 0 Å². The van der Waals surface area contributed by atoms with Gasteiger partial charge in [-0.3, -0.25) is 14.5 Å². The minimum absolute atomic E-state index is 0.00563. The van der Waals surface area contributed by atoms with E-state index in [1.54, 1.807) is 16.7 Å². The Balaban J connectivity index is 1.74. The van der Waals surface area contributed by atoms with Crippen LogP contribution in [0.1, 0.15) is 27.2 Å². The lowest BCUT2D eigenvalue weighted by Crippen LogP contribution is -2.53. The van der Waals surface area contributed by atoms with E-state index in [0.29, 0.717) is 18.9 Å². The van der Waals surface area contributed by atoms with Gasteiger partial charge in [-0.05, 0) is 12.1 Å². The van der Waals surface area contributed by atoms with Gasteiger partial charge in [-0.25, -0.2) is 0 Å². The van der Waals surface area contributed by atoms with E-state index in [1.807, 2.05) is 51.1 Å². The highest BCUT2D eigenvalue weighted by Gasteiger charge is 2.44. The molecular formula is C19H23NO4S. The summed E-state index contributed by atoms with van der Waals surface area (Å²) < 4.78 is 11.6. The van der Waals surface area contributed by atoms with E-state index in [9.17, 15) is 9.59 Å². The van der Waals surface area contributed by atoms with Crippen molar-refractivity contribution in [3.63, 3.8) is 0 Å². The molecule has 2 heterocycles. The zero-order chi connectivity index (χ0) is 18.0. The SMILES string of the molecule is CC(C)(C)C(=O)COC1=C(COc2ccccc2)CS[C@@H]2CC(=O)N12. The van der Waals surface area contributed by atoms with Crippen molar-refractivity contribution < 1.29 is 19.1 Å². The Hall–Kier alpha value is -1.95. The quantitative estimate of drug-likeness (QED) is 0.728. The molecule has 0 spiro atoms. The van der Waals surface area contributed by atoms with E-state index < -0.39 is 5.41 Å². The molecule has 0 radical (unpaired) electrons. The maximum atomic E-state index is 12.2. The lowest BCUT2D eigenvalue weighted by Gasteiger charge is -2.44. The predicted molar refractivity (Wildman–Crippen MR) is 97.1 cm³/mol. The van der Waals surface area contributed by atoms with E-state index >= 15 is 0 Å². The topological polar surface area (TPSA) is 55.8 Å². The van der Waals surface area contributed by atoms with Gasteiger partial charge in [0, 0.05) is 16.7 Å². The zero-order valence-electron chi connectivity index (χ0n) is 14.8. The van der Waals surface area contributed by atoms with Crippen LogP contribution in [0, 0.1) is 5.41 Å². The highest BCUT2D eigenvalue weighted by molar-refractivity contribution is 8.00. The van der Waals surface area contributed by atoms with Gasteiger partial charge in [0.2, 0.25) is 11.8 Å². The van der Waals surface area contributed by atoms with Crippen molar-refractivity contribution in [1.29, 1.82) is 0 Å². The van der Waals surface area contributed by atoms with Crippen molar-refractivity contribution in [2.75, 3.05) is 19.0 Å². The third kappa shape index (κ3) is 4.00. The largest absolute Gasteiger partial charge is 0.489 e. The summed E-state index contributed by atoms with van der Waals surface area (Å²) >= 11 is 1.71.